The molecule has 0 aliphatic carbocycles. The fraction of sp³-hybridized carbons (Fsp3) is 0.188. The lowest BCUT2D eigenvalue weighted by Gasteiger charge is -2.22. The molecule has 1 aliphatic heterocycles. The van der Waals surface area contributed by atoms with Crippen molar-refractivity contribution >= 4 is 34.2 Å². The van der Waals surface area contributed by atoms with Crippen molar-refractivity contribution in [2.45, 2.75) is 19.4 Å². The Bertz CT molecular complexity index is 1700. The highest BCUT2D eigenvalue weighted by Gasteiger charge is 2.22. The summed E-state index contributed by atoms with van der Waals surface area (Å²) in [5, 5.41) is 16.3. The molecule has 39 heavy (non-hydrogen) atoms. The Kier molecular flexibility index (Phi) is 7.05. The zero-order valence-electron chi connectivity index (χ0n) is 21.5. The zero-order chi connectivity index (χ0) is 26.8. The second kappa shape index (κ2) is 10.9. The molecule has 1 aromatic heterocycles. The minimum absolute atomic E-state index is 0.0101. The third kappa shape index (κ3) is 5.01. The number of aromatic nitrogens is 2. The number of benzene rings is 4. The van der Waals surface area contributed by atoms with Gasteiger partial charge in [0.15, 0.2) is 0 Å². The SMILES string of the molecule is N=c1n(Cc2ccccc2Cl)c2ccccc2n1-c1ccc(-c2ccccc2NC(=O)C2CCCNC2)cc1. The van der Waals surface area contributed by atoms with Crippen molar-refractivity contribution in [2.24, 2.45) is 5.92 Å². The molecule has 1 atom stereocenters. The number of carbonyl (C=O) groups excluding carboxylic acids is 1. The summed E-state index contributed by atoms with van der Waals surface area (Å²) < 4.78 is 3.94. The summed E-state index contributed by atoms with van der Waals surface area (Å²) in [6.07, 6.45) is 1.93. The molecule has 6 nitrogen and oxygen atoms in total. The highest BCUT2D eigenvalue weighted by atomic mass is 35.5. The summed E-state index contributed by atoms with van der Waals surface area (Å²) in [7, 11) is 0. The van der Waals surface area contributed by atoms with Crippen LogP contribution in [0.1, 0.15) is 18.4 Å². The van der Waals surface area contributed by atoms with Gasteiger partial charge in [0.05, 0.1) is 23.5 Å². The van der Waals surface area contributed by atoms with Gasteiger partial charge in [0.25, 0.3) is 0 Å². The highest BCUT2D eigenvalue weighted by Crippen LogP contribution is 2.30. The van der Waals surface area contributed by atoms with E-state index in [1.54, 1.807) is 0 Å². The largest absolute Gasteiger partial charge is 0.325 e. The fourth-order valence-electron chi connectivity index (χ4n) is 5.39. The van der Waals surface area contributed by atoms with E-state index in [0.29, 0.717) is 17.2 Å². The van der Waals surface area contributed by atoms with Gasteiger partial charge >= 0.3 is 0 Å². The van der Waals surface area contributed by atoms with Crippen LogP contribution in [0, 0.1) is 11.3 Å². The highest BCUT2D eigenvalue weighted by molar-refractivity contribution is 6.31. The Labute approximate surface area is 232 Å². The Morgan fingerprint density at radius 1 is 0.923 bits per heavy atom. The summed E-state index contributed by atoms with van der Waals surface area (Å²) in [4.78, 5) is 12.9. The molecule has 0 bridgehead atoms. The van der Waals surface area contributed by atoms with Crippen molar-refractivity contribution in [3.05, 3.63) is 113 Å². The third-order valence-corrected chi connectivity index (χ3v) is 7.83. The normalized spacial score (nSPS) is 15.4. The summed E-state index contributed by atoms with van der Waals surface area (Å²) in [6.45, 7) is 2.20. The maximum absolute atomic E-state index is 12.9. The summed E-state index contributed by atoms with van der Waals surface area (Å²) >= 11 is 6.45. The average Bonchev–Trinajstić information content (AvgIpc) is 3.26. The number of hydrogen-bond acceptors (Lipinski definition) is 3. The second-order valence-corrected chi connectivity index (χ2v) is 10.4. The molecule has 1 aliphatic rings. The number of rotatable bonds is 6. The first-order chi connectivity index (χ1) is 19.1. The Morgan fingerprint density at radius 2 is 1.64 bits per heavy atom. The molecule has 0 radical (unpaired) electrons. The molecule has 1 saturated heterocycles. The molecule has 4 aromatic carbocycles. The van der Waals surface area contributed by atoms with Crippen LogP contribution in [-0.2, 0) is 11.3 Å². The van der Waals surface area contributed by atoms with E-state index < -0.39 is 0 Å². The molecule has 0 spiro atoms. The first-order valence-electron chi connectivity index (χ1n) is 13.3. The minimum Gasteiger partial charge on any atom is -0.325 e. The molecule has 2 heterocycles. The molecule has 196 valence electrons. The lowest BCUT2D eigenvalue weighted by molar-refractivity contribution is -0.120. The van der Waals surface area contributed by atoms with Crippen molar-refractivity contribution in [1.29, 1.82) is 5.41 Å². The molecular formula is C32H30ClN5O. The molecule has 1 amide bonds. The standard InChI is InChI=1S/C32H30ClN5O/c33-27-11-3-1-8-24(27)21-37-29-13-5-6-14-30(29)38(32(37)34)25-17-15-22(16-18-25)26-10-2-4-12-28(26)36-31(39)23-9-7-19-35-20-23/h1-6,8,10-18,23,34-35H,7,9,19-21H2,(H,36,39). The van der Waals surface area contributed by atoms with Crippen LogP contribution in [0.2, 0.25) is 5.02 Å². The van der Waals surface area contributed by atoms with Gasteiger partial charge in [-0.1, -0.05) is 72.3 Å². The number of nitrogens with one attached hydrogen (secondary N) is 3. The molecular weight excluding hydrogens is 506 g/mol. The van der Waals surface area contributed by atoms with E-state index >= 15 is 0 Å². The van der Waals surface area contributed by atoms with Crippen molar-refractivity contribution in [2.75, 3.05) is 18.4 Å². The van der Waals surface area contributed by atoms with Crippen LogP contribution in [0.3, 0.4) is 0 Å². The number of amides is 1. The van der Waals surface area contributed by atoms with Gasteiger partial charge in [-0.2, -0.15) is 0 Å². The summed E-state index contributed by atoms with van der Waals surface area (Å²) in [5.74, 6) is 0.0520. The number of fused-ring (bicyclic) bond motifs is 1. The topological polar surface area (TPSA) is 74.8 Å². The van der Waals surface area contributed by atoms with Crippen LogP contribution in [0.25, 0.3) is 27.8 Å². The number of imidazole rings is 1. The van der Waals surface area contributed by atoms with Crippen molar-refractivity contribution in [3.8, 4) is 16.8 Å². The van der Waals surface area contributed by atoms with E-state index in [0.717, 1.165) is 65.0 Å². The van der Waals surface area contributed by atoms with E-state index in [9.17, 15) is 4.79 Å². The van der Waals surface area contributed by atoms with Gasteiger partial charge in [0, 0.05) is 28.5 Å². The zero-order valence-corrected chi connectivity index (χ0v) is 22.3. The van der Waals surface area contributed by atoms with Gasteiger partial charge in [-0.15, -0.1) is 0 Å². The molecule has 7 heteroatoms. The van der Waals surface area contributed by atoms with Crippen molar-refractivity contribution in [3.63, 3.8) is 0 Å². The minimum atomic E-state index is -0.0101. The maximum atomic E-state index is 12.9. The van der Waals surface area contributed by atoms with Crippen LogP contribution >= 0.6 is 11.6 Å². The number of hydrogen-bond donors (Lipinski definition) is 3. The molecule has 5 aromatic rings. The van der Waals surface area contributed by atoms with E-state index in [4.69, 9.17) is 17.0 Å². The van der Waals surface area contributed by atoms with Gasteiger partial charge in [0.1, 0.15) is 0 Å². The summed E-state index contributed by atoms with van der Waals surface area (Å²) in [6, 6.07) is 31.9. The maximum Gasteiger partial charge on any atom is 0.228 e. The lowest BCUT2D eigenvalue weighted by Crippen LogP contribution is -2.37. The number of carbonyl (C=O) groups is 1. The van der Waals surface area contributed by atoms with E-state index in [1.165, 1.54) is 0 Å². The molecule has 3 N–H and O–H groups in total. The predicted molar refractivity (Wildman–Crippen MR) is 157 cm³/mol. The Morgan fingerprint density at radius 3 is 2.41 bits per heavy atom. The lowest BCUT2D eigenvalue weighted by atomic mass is 9.98. The van der Waals surface area contributed by atoms with Crippen molar-refractivity contribution < 1.29 is 4.79 Å². The predicted octanol–water partition coefficient (Wildman–Crippen LogP) is 6.22. The second-order valence-electron chi connectivity index (χ2n) is 9.95. The number of piperidine rings is 1. The molecule has 1 fully saturated rings. The van der Waals surface area contributed by atoms with Crippen LogP contribution < -0.4 is 16.3 Å². The quantitative estimate of drug-likeness (QED) is 0.241. The molecule has 1 unspecified atom stereocenters. The Hall–Kier alpha value is -4.13. The molecule has 0 saturated carbocycles. The van der Waals surface area contributed by atoms with Crippen molar-refractivity contribution in [1.82, 2.24) is 14.5 Å². The number of nitrogens with zero attached hydrogens (tertiary/aromatic N) is 2. The van der Waals surface area contributed by atoms with Gasteiger partial charge < -0.3 is 15.2 Å². The number of halogens is 1. The first-order valence-corrected chi connectivity index (χ1v) is 13.7. The third-order valence-electron chi connectivity index (χ3n) is 7.46. The fourth-order valence-corrected chi connectivity index (χ4v) is 5.59. The van der Waals surface area contributed by atoms with Gasteiger partial charge in [-0.3, -0.25) is 14.8 Å². The number of para-hydroxylation sites is 3. The molecule has 6 rings (SSSR count). The van der Waals surface area contributed by atoms with Gasteiger partial charge in [-0.25, -0.2) is 0 Å². The monoisotopic (exact) mass is 535 g/mol. The van der Waals surface area contributed by atoms with E-state index in [-0.39, 0.29) is 11.8 Å². The van der Waals surface area contributed by atoms with Crippen LogP contribution in [0.5, 0.6) is 0 Å². The van der Waals surface area contributed by atoms with Crippen LogP contribution in [0.15, 0.2) is 97.1 Å². The first kappa shape index (κ1) is 25.2. The van der Waals surface area contributed by atoms with E-state index in [2.05, 4.69) is 22.8 Å². The average molecular weight is 536 g/mol. The van der Waals surface area contributed by atoms with E-state index in [1.807, 2.05) is 94.1 Å². The summed E-state index contributed by atoms with van der Waals surface area (Å²) in [5.41, 5.74) is 6.95. The van der Waals surface area contributed by atoms with Crippen LogP contribution in [-0.4, -0.2) is 28.1 Å². The number of anilines is 1. The van der Waals surface area contributed by atoms with Gasteiger partial charge in [-0.05, 0) is 66.9 Å². The Balaban J connectivity index is 1.33. The van der Waals surface area contributed by atoms with Crippen LogP contribution in [0.4, 0.5) is 5.69 Å². The smallest absolute Gasteiger partial charge is 0.228 e. The van der Waals surface area contributed by atoms with Gasteiger partial charge in [0.2, 0.25) is 11.5 Å².